The van der Waals surface area contributed by atoms with Crippen molar-refractivity contribution in [3.63, 3.8) is 0 Å². The van der Waals surface area contributed by atoms with E-state index in [-0.39, 0.29) is 5.92 Å². The number of nitrogens with one attached hydrogen (secondary N) is 1. The number of hydrogen-bond acceptors (Lipinski definition) is 4. The van der Waals surface area contributed by atoms with E-state index in [9.17, 15) is 4.79 Å². The summed E-state index contributed by atoms with van der Waals surface area (Å²) >= 11 is 1.65. The molecule has 2 aliphatic carbocycles. The second kappa shape index (κ2) is 5.49. The Balaban J connectivity index is 1.60. The third kappa shape index (κ3) is 2.76. The van der Waals surface area contributed by atoms with Crippen molar-refractivity contribution in [2.75, 3.05) is 11.9 Å². The van der Waals surface area contributed by atoms with Crippen LogP contribution in [0.3, 0.4) is 0 Å². The number of thiazole rings is 1. The fourth-order valence-corrected chi connectivity index (χ4v) is 4.21. The van der Waals surface area contributed by atoms with E-state index in [1.54, 1.807) is 11.3 Å². The molecule has 0 amide bonds. The lowest BCUT2D eigenvalue weighted by Gasteiger charge is -2.21. The Labute approximate surface area is 117 Å². The van der Waals surface area contributed by atoms with Crippen LogP contribution in [0.25, 0.3) is 0 Å². The van der Waals surface area contributed by atoms with Crippen LogP contribution in [0.4, 0.5) is 5.13 Å². The smallest absolute Gasteiger partial charge is 0.312 e. The maximum absolute atomic E-state index is 11.1. The zero-order valence-corrected chi connectivity index (χ0v) is 11.8. The van der Waals surface area contributed by atoms with Crippen LogP contribution in [0.1, 0.15) is 55.0 Å². The summed E-state index contributed by atoms with van der Waals surface area (Å²) in [5, 5.41) is 13.5. The molecule has 0 radical (unpaired) electrons. The van der Waals surface area contributed by atoms with E-state index in [1.165, 1.54) is 37.0 Å². The second-order valence-electron chi connectivity index (χ2n) is 5.64. The number of carboxylic acids is 1. The quantitative estimate of drug-likeness (QED) is 0.888. The monoisotopic (exact) mass is 280 g/mol. The summed E-state index contributed by atoms with van der Waals surface area (Å²) in [5.74, 6) is -0.345. The lowest BCUT2D eigenvalue weighted by atomic mass is 9.89. The summed E-state index contributed by atoms with van der Waals surface area (Å²) in [4.78, 5) is 16.8. The summed E-state index contributed by atoms with van der Waals surface area (Å²) < 4.78 is 0. The van der Waals surface area contributed by atoms with Crippen molar-refractivity contribution in [2.24, 2.45) is 5.92 Å². The predicted molar refractivity (Wildman–Crippen MR) is 75.9 cm³/mol. The standard InChI is InChI=1S/C14H20N2O2S/c17-13(18)10-6-7-11-12(10)16-14(19-11)15-8-9-4-2-1-3-5-9/h9-10H,1-8H2,(H,15,16)(H,17,18). The summed E-state index contributed by atoms with van der Waals surface area (Å²) in [7, 11) is 0. The summed E-state index contributed by atoms with van der Waals surface area (Å²) in [5.41, 5.74) is 0.809. The van der Waals surface area contributed by atoms with E-state index < -0.39 is 5.97 Å². The van der Waals surface area contributed by atoms with Gasteiger partial charge in [-0.3, -0.25) is 4.79 Å². The Bertz CT molecular complexity index is 466. The Morgan fingerprint density at radius 2 is 2.11 bits per heavy atom. The molecule has 1 heterocycles. The first-order valence-electron chi connectivity index (χ1n) is 7.20. The maximum atomic E-state index is 11.1. The number of carboxylic acid groups (broad SMARTS) is 1. The van der Waals surface area contributed by atoms with E-state index in [0.29, 0.717) is 6.42 Å². The molecule has 1 aromatic rings. The molecule has 0 aromatic carbocycles. The molecular weight excluding hydrogens is 260 g/mol. The van der Waals surface area contributed by atoms with Crippen LogP contribution < -0.4 is 5.32 Å². The zero-order chi connectivity index (χ0) is 13.2. The highest BCUT2D eigenvalue weighted by atomic mass is 32.1. The summed E-state index contributed by atoms with van der Waals surface area (Å²) in [6, 6.07) is 0. The Hall–Kier alpha value is -1.10. The van der Waals surface area contributed by atoms with Crippen LogP contribution in [0, 0.1) is 5.92 Å². The number of anilines is 1. The number of aryl methyl sites for hydroxylation is 1. The minimum Gasteiger partial charge on any atom is -0.481 e. The van der Waals surface area contributed by atoms with Crippen LogP contribution in [0.15, 0.2) is 0 Å². The first-order valence-corrected chi connectivity index (χ1v) is 8.02. The molecule has 5 heteroatoms. The topological polar surface area (TPSA) is 62.2 Å². The van der Waals surface area contributed by atoms with Gasteiger partial charge >= 0.3 is 5.97 Å². The van der Waals surface area contributed by atoms with Gasteiger partial charge < -0.3 is 10.4 Å². The number of rotatable bonds is 4. The van der Waals surface area contributed by atoms with E-state index in [4.69, 9.17) is 5.11 Å². The van der Waals surface area contributed by atoms with Crippen molar-refractivity contribution in [3.8, 4) is 0 Å². The molecule has 1 atom stereocenters. The Morgan fingerprint density at radius 3 is 2.84 bits per heavy atom. The number of carbonyl (C=O) groups is 1. The molecule has 0 aliphatic heterocycles. The summed E-state index contributed by atoms with van der Waals surface area (Å²) in [6.45, 7) is 0.990. The van der Waals surface area contributed by atoms with Gasteiger partial charge in [0.05, 0.1) is 5.69 Å². The van der Waals surface area contributed by atoms with Crippen molar-refractivity contribution in [2.45, 2.75) is 50.9 Å². The molecule has 1 unspecified atom stereocenters. The number of aliphatic carboxylic acids is 1. The molecule has 1 fully saturated rings. The van der Waals surface area contributed by atoms with E-state index in [1.807, 2.05) is 0 Å². The number of hydrogen-bond donors (Lipinski definition) is 2. The number of fused-ring (bicyclic) bond motifs is 1. The van der Waals surface area contributed by atoms with Gasteiger partial charge in [0.1, 0.15) is 5.92 Å². The normalized spacial score (nSPS) is 23.3. The van der Waals surface area contributed by atoms with E-state index >= 15 is 0 Å². The van der Waals surface area contributed by atoms with Gasteiger partial charge in [0.25, 0.3) is 0 Å². The van der Waals surface area contributed by atoms with Gasteiger partial charge in [0.15, 0.2) is 5.13 Å². The van der Waals surface area contributed by atoms with Gasteiger partial charge in [-0.1, -0.05) is 19.3 Å². The highest BCUT2D eigenvalue weighted by molar-refractivity contribution is 7.15. The minimum atomic E-state index is -0.733. The Kier molecular flexibility index (Phi) is 3.73. The fraction of sp³-hybridized carbons (Fsp3) is 0.714. The van der Waals surface area contributed by atoms with Crippen LogP contribution in [0.2, 0.25) is 0 Å². The van der Waals surface area contributed by atoms with Crippen LogP contribution >= 0.6 is 11.3 Å². The zero-order valence-electron chi connectivity index (χ0n) is 11.0. The predicted octanol–water partition coefficient (Wildman–Crippen LogP) is 3.25. The van der Waals surface area contributed by atoms with Crippen molar-refractivity contribution in [3.05, 3.63) is 10.6 Å². The average molecular weight is 280 g/mol. The highest BCUT2D eigenvalue weighted by Gasteiger charge is 2.32. The molecule has 0 bridgehead atoms. The molecule has 19 heavy (non-hydrogen) atoms. The SMILES string of the molecule is O=C(O)C1CCc2sc(NCC3CCCCC3)nc21. The van der Waals surface area contributed by atoms with Crippen LogP contribution in [-0.4, -0.2) is 22.6 Å². The largest absolute Gasteiger partial charge is 0.481 e. The molecule has 104 valence electrons. The third-order valence-electron chi connectivity index (χ3n) is 4.28. The minimum absolute atomic E-state index is 0.378. The number of aromatic nitrogens is 1. The lowest BCUT2D eigenvalue weighted by Crippen LogP contribution is -2.17. The van der Waals surface area contributed by atoms with E-state index in [0.717, 1.165) is 29.7 Å². The van der Waals surface area contributed by atoms with Crippen LogP contribution in [0.5, 0.6) is 0 Å². The highest BCUT2D eigenvalue weighted by Crippen LogP contribution is 2.38. The van der Waals surface area contributed by atoms with Crippen molar-refractivity contribution < 1.29 is 9.90 Å². The van der Waals surface area contributed by atoms with E-state index in [2.05, 4.69) is 10.3 Å². The van der Waals surface area contributed by atoms with Gasteiger partial charge in [-0.25, -0.2) is 4.98 Å². The summed E-state index contributed by atoms with van der Waals surface area (Å²) in [6.07, 6.45) is 8.29. The Morgan fingerprint density at radius 1 is 1.32 bits per heavy atom. The van der Waals surface area contributed by atoms with Crippen molar-refractivity contribution >= 4 is 22.4 Å². The first kappa shape index (κ1) is 12.9. The van der Waals surface area contributed by atoms with Crippen molar-refractivity contribution in [1.82, 2.24) is 4.98 Å². The lowest BCUT2D eigenvalue weighted by molar-refractivity contribution is -0.138. The van der Waals surface area contributed by atoms with Crippen molar-refractivity contribution in [1.29, 1.82) is 0 Å². The van der Waals surface area contributed by atoms with Crippen LogP contribution in [-0.2, 0) is 11.2 Å². The van der Waals surface area contributed by atoms with Gasteiger partial charge in [-0.15, -0.1) is 11.3 Å². The molecule has 2 N–H and O–H groups in total. The second-order valence-corrected chi connectivity index (χ2v) is 6.73. The fourth-order valence-electron chi connectivity index (χ4n) is 3.17. The average Bonchev–Trinajstić information content (AvgIpc) is 2.96. The van der Waals surface area contributed by atoms with Gasteiger partial charge in [-0.05, 0) is 31.6 Å². The van der Waals surface area contributed by atoms with Gasteiger partial charge in [-0.2, -0.15) is 0 Å². The number of nitrogens with zero attached hydrogens (tertiary/aromatic N) is 1. The molecular formula is C14H20N2O2S. The maximum Gasteiger partial charge on any atom is 0.312 e. The van der Waals surface area contributed by atoms with Gasteiger partial charge in [0, 0.05) is 11.4 Å². The molecule has 0 spiro atoms. The molecule has 4 nitrogen and oxygen atoms in total. The third-order valence-corrected chi connectivity index (χ3v) is 5.37. The molecule has 1 aromatic heterocycles. The molecule has 1 saturated carbocycles. The van der Waals surface area contributed by atoms with Gasteiger partial charge in [0.2, 0.25) is 0 Å². The molecule has 2 aliphatic rings. The molecule has 3 rings (SSSR count). The molecule has 0 saturated heterocycles. The first-order chi connectivity index (χ1) is 9.24.